The highest BCUT2D eigenvalue weighted by molar-refractivity contribution is 8.00. The molecule has 1 heterocycles. The second kappa shape index (κ2) is 8.22. The highest BCUT2D eigenvalue weighted by atomic mass is 32.2. The number of hydrogen-bond donors (Lipinski definition) is 1. The Morgan fingerprint density at radius 1 is 1.04 bits per heavy atom. The molecular formula is C16H15N3O2S4. The van der Waals surface area contributed by atoms with Crippen LogP contribution in [0.1, 0.15) is 5.56 Å². The van der Waals surface area contributed by atoms with Gasteiger partial charge in [-0.25, -0.2) is 8.42 Å². The predicted molar refractivity (Wildman–Crippen MR) is 105 cm³/mol. The molecule has 25 heavy (non-hydrogen) atoms. The van der Waals surface area contributed by atoms with Gasteiger partial charge >= 0.3 is 0 Å². The molecule has 0 saturated heterocycles. The smallest absolute Gasteiger partial charge is 0.253 e. The molecule has 0 aliphatic carbocycles. The normalized spacial score (nSPS) is 11.4. The molecule has 1 N–H and O–H groups in total. The summed E-state index contributed by atoms with van der Waals surface area (Å²) in [5.74, 6) is 0.762. The van der Waals surface area contributed by atoms with E-state index in [0.29, 0.717) is 0 Å². The van der Waals surface area contributed by atoms with Crippen LogP contribution in [0.2, 0.25) is 0 Å². The Morgan fingerprint density at radius 2 is 1.76 bits per heavy atom. The summed E-state index contributed by atoms with van der Waals surface area (Å²) < 4.78 is 28.0. The molecule has 0 aliphatic heterocycles. The first-order valence-electron chi connectivity index (χ1n) is 7.24. The molecule has 0 aliphatic rings. The van der Waals surface area contributed by atoms with Crippen LogP contribution in [-0.4, -0.2) is 24.9 Å². The number of benzene rings is 2. The van der Waals surface area contributed by atoms with Gasteiger partial charge in [-0.3, -0.25) is 4.72 Å². The summed E-state index contributed by atoms with van der Waals surface area (Å²) in [5, 5.41) is 8.23. The summed E-state index contributed by atoms with van der Waals surface area (Å²) in [7, 11) is -3.65. The number of nitrogens with zero attached hydrogens (tertiary/aromatic N) is 2. The first-order chi connectivity index (χ1) is 12.1. The predicted octanol–water partition coefficient (Wildman–Crippen LogP) is 4.35. The van der Waals surface area contributed by atoms with Crippen molar-refractivity contribution in [1.82, 2.24) is 10.2 Å². The van der Waals surface area contributed by atoms with E-state index in [2.05, 4.69) is 14.9 Å². The number of rotatable bonds is 7. The van der Waals surface area contributed by atoms with Crippen LogP contribution >= 0.6 is 34.9 Å². The van der Waals surface area contributed by atoms with Crippen LogP contribution in [0, 0.1) is 0 Å². The van der Waals surface area contributed by atoms with E-state index in [1.54, 1.807) is 36.0 Å². The number of thioether (sulfide) groups is 2. The monoisotopic (exact) mass is 409 g/mol. The van der Waals surface area contributed by atoms with Crippen LogP contribution in [0.4, 0.5) is 5.13 Å². The average molecular weight is 410 g/mol. The van der Waals surface area contributed by atoms with E-state index in [1.165, 1.54) is 28.7 Å². The number of hydrogen-bond acceptors (Lipinski definition) is 7. The van der Waals surface area contributed by atoms with Crippen molar-refractivity contribution in [2.75, 3.05) is 11.0 Å². The summed E-state index contributed by atoms with van der Waals surface area (Å²) in [6, 6.07) is 16.7. The van der Waals surface area contributed by atoms with Crippen LogP contribution in [0.25, 0.3) is 0 Å². The van der Waals surface area contributed by atoms with Crippen molar-refractivity contribution >= 4 is 50.0 Å². The third-order valence-electron chi connectivity index (χ3n) is 3.20. The van der Waals surface area contributed by atoms with Gasteiger partial charge in [0.1, 0.15) is 0 Å². The minimum Gasteiger partial charge on any atom is -0.253 e. The van der Waals surface area contributed by atoms with Crippen molar-refractivity contribution < 1.29 is 8.42 Å². The van der Waals surface area contributed by atoms with Gasteiger partial charge in [0.25, 0.3) is 10.0 Å². The molecule has 0 atom stereocenters. The fourth-order valence-electron chi connectivity index (χ4n) is 1.96. The number of sulfonamides is 1. The van der Waals surface area contributed by atoms with E-state index in [0.717, 1.165) is 15.0 Å². The van der Waals surface area contributed by atoms with Crippen molar-refractivity contribution in [3.05, 3.63) is 60.2 Å². The maximum absolute atomic E-state index is 12.4. The Labute approximate surface area is 159 Å². The molecule has 130 valence electrons. The SMILES string of the molecule is CSc1ccc(S(=O)(=O)Nc2nnc(SCc3ccccc3)s2)cc1. The van der Waals surface area contributed by atoms with E-state index in [1.807, 2.05) is 36.6 Å². The number of anilines is 1. The van der Waals surface area contributed by atoms with Crippen LogP contribution in [0.15, 0.2) is 68.7 Å². The van der Waals surface area contributed by atoms with Gasteiger partial charge in [0.15, 0.2) is 4.34 Å². The van der Waals surface area contributed by atoms with Crippen LogP contribution in [-0.2, 0) is 15.8 Å². The maximum Gasteiger partial charge on any atom is 0.263 e. The van der Waals surface area contributed by atoms with Gasteiger partial charge in [-0.1, -0.05) is 53.4 Å². The molecule has 0 spiro atoms. The Balaban J connectivity index is 1.65. The summed E-state index contributed by atoms with van der Waals surface area (Å²) in [4.78, 5) is 1.22. The van der Waals surface area contributed by atoms with Gasteiger partial charge in [-0.05, 0) is 36.1 Å². The van der Waals surface area contributed by atoms with Crippen molar-refractivity contribution in [3.63, 3.8) is 0 Å². The van der Waals surface area contributed by atoms with Crippen LogP contribution in [0.5, 0.6) is 0 Å². The lowest BCUT2D eigenvalue weighted by atomic mass is 10.2. The average Bonchev–Trinajstić information content (AvgIpc) is 3.07. The highest BCUT2D eigenvalue weighted by Gasteiger charge is 2.17. The number of aromatic nitrogens is 2. The minimum absolute atomic E-state index is 0.207. The molecule has 0 saturated carbocycles. The molecule has 1 aromatic heterocycles. The molecule has 2 aromatic carbocycles. The van der Waals surface area contributed by atoms with Crippen molar-refractivity contribution in [2.45, 2.75) is 19.9 Å². The maximum atomic E-state index is 12.4. The summed E-state index contributed by atoms with van der Waals surface area (Å²) >= 11 is 4.32. The quantitative estimate of drug-likeness (QED) is 0.585. The molecule has 0 radical (unpaired) electrons. The van der Waals surface area contributed by atoms with Gasteiger partial charge in [-0.2, -0.15) is 0 Å². The zero-order valence-electron chi connectivity index (χ0n) is 13.2. The minimum atomic E-state index is -3.65. The van der Waals surface area contributed by atoms with E-state index >= 15 is 0 Å². The van der Waals surface area contributed by atoms with Gasteiger partial charge in [0.05, 0.1) is 4.90 Å². The Bertz CT molecular complexity index is 926. The molecule has 3 aromatic rings. The van der Waals surface area contributed by atoms with Crippen LogP contribution in [0.3, 0.4) is 0 Å². The molecule has 0 unspecified atom stereocenters. The standard InChI is InChI=1S/C16H15N3O2S4/c1-22-13-7-9-14(10-8-13)25(20,21)19-15-17-18-16(24-15)23-11-12-5-3-2-4-6-12/h2-10H,11H2,1H3,(H,17,19). The molecule has 0 fully saturated rings. The Morgan fingerprint density at radius 3 is 2.44 bits per heavy atom. The fraction of sp³-hybridized carbons (Fsp3) is 0.125. The summed E-state index contributed by atoms with van der Waals surface area (Å²) in [6.07, 6.45) is 1.94. The lowest BCUT2D eigenvalue weighted by molar-refractivity contribution is 0.601. The third-order valence-corrected chi connectivity index (χ3v) is 7.47. The molecule has 3 rings (SSSR count). The molecule has 0 bridgehead atoms. The summed E-state index contributed by atoms with van der Waals surface area (Å²) in [6.45, 7) is 0. The molecule has 5 nitrogen and oxygen atoms in total. The van der Waals surface area contributed by atoms with E-state index < -0.39 is 10.0 Å². The van der Waals surface area contributed by atoms with Crippen molar-refractivity contribution in [1.29, 1.82) is 0 Å². The van der Waals surface area contributed by atoms with Gasteiger partial charge < -0.3 is 0 Å². The zero-order valence-corrected chi connectivity index (χ0v) is 16.5. The van der Waals surface area contributed by atoms with E-state index in [9.17, 15) is 8.42 Å². The van der Waals surface area contributed by atoms with E-state index in [-0.39, 0.29) is 10.0 Å². The van der Waals surface area contributed by atoms with Gasteiger partial charge in [0.2, 0.25) is 5.13 Å². The highest BCUT2D eigenvalue weighted by Crippen LogP contribution is 2.29. The topological polar surface area (TPSA) is 72.0 Å². The lowest BCUT2D eigenvalue weighted by Crippen LogP contribution is -2.12. The largest absolute Gasteiger partial charge is 0.263 e. The Hall–Kier alpha value is -1.55. The Kier molecular flexibility index (Phi) is 6.00. The first kappa shape index (κ1) is 18.2. The third kappa shape index (κ3) is 4.97. The van der Waals surface area contributed by atoms with Gasteiger partial charge in [0, 0.05) is 10.6 Å². The first-order valence-corrected chi connectivity index (χ1v) is 11.7. The fourth-order valence-corrected chi connectivity index (χ4v) is 5.30. The summed E-state index contributed by atoms with van der Waals surface area (Å²) in [5.41, 5.74) is 1.18. The van der Waals surface area contributed by atoms with Crippen LogP contribution < -0.4 is 4.72 Å². The lowest BCUT2D eigenvalue weighted by Gasteiger charge is -2.05. The second-order valence-electron chi connectivity index (χ2n) is 4.93. The molecule has 0 amide bonds. The second-order valence-corrected chi connectivity index (χ2v) is 9.69. The van der Waals surface area contributed by atoms with E-state index in [4.69, 9.17) is 0 Å². The number of nitrogens with one attached hydrogen (secondary N) is 1. The van der Waals surface area contributed by atoms with Crippen molar-refractivity contribution in [3.8, 4) is 0 Å². The molecule has 9 heteroatoms. The van der Waals surface area contributed by atoms with Gasteiger partial charge in [-0.15, -0.1) is 22.0 Å². The van der Waals surface area contributed by atoms with Crippen molar-refractivity contribution in [2.24, 2.45) is 0 Å². The zero-order chi connectivity index (χ0) is 17.7. The molecular weight excluding hydrogens is 394 g/mol.